The number of benzene rings is 2. The van der Waals surface area contributed by atoms with Gasteiger partial charge in [-0.2, -0.15) is 0 Å². The van der Waals surface area contributed by atoms with Crippen molar-refractivity contribution in [3.05, 3.63) is 59.7 Å². The number of ether oxygens (including phenoxy) is 1. The highest BCUT2D eigenvalue weighted by Gasteiger charge is 2.13. The quantitative estimate of drug-likeness (QED) is 0.766. The topological polar surface area (TPSA) is 58.6 Å². The van der Waals surface area contributed by atoms with Gasteiger partial charge in [0, 0.05) is 26.2 Å². The van der Waals surface area contributed by atoms with Crippen LogP contribution in [-0.2, 0) is 11.2 Å². The minimum Gasteiger partial charge on any atom is -0.492 e. The molecule has 0 bridgehead atoms. The van der Waals surface area contributed by atoms with Crippen molar-refractivity contribution in [1.29, 1.82) is 0 Å². The number of carbonyl (C=O) groups excluding carboxylic acids is 2. The van der Waals surface area contributed by atoms with Crippen molar-refractivity contribution in [1.82, 2.24) is 4.90 Å². The van der Waals surface area contributed by atoms with Crippen LogP contribution in [0.5, 0.6) is 5.75 Å². The Morgan fingerprint density at radius 2 is 1.70 bits per heavy atom. The molecule has 1 N–H and O–H groups in total. The first kappa shape index (κ1) is 20.5. The van der Waals surface area contributed by atoms with Crippen molar-refractivity contribution in [3.63, 3.8) is 0 Å². The molecule has 5 nitrogen and oxygen atoms in total. The van der Waals surface area contributed by atoms with Gasteiger partial charge in [-0.05, 0) is 42.2 Å². The lowest BCUT2D eigenvalue weighted by Gasteiger charge is -2.13. The zero-order valence-electron chi connectivity index (χ0n) is 16.5. The van der Waals surface area contributed by atoms with E-state index in [1.54, 1.807) is 25.1 Å². The molecule has 2 aromatic rings. The molecule has 144 valence electrons. The maximum absolute atomic E-state index is 12.6. The molecule has 0 radical (unpaired) electrons. The smallest absolute Gasteiger partial charge is 0.259 e. The molecular formula is C22H28N2O3. The zero-order valence-corrected chi connectivity index (χ0v) is 16.5. The summed E-state index contributed by atoms with van der Waals surface area (Å²) in [6.07, 6.45) is 1.15. The van der Waals surface area contributed by atoms with Crippen molar-refractivity contribution < 1.29 is 14.3 Å². The Labute approximate surface area is 161 Å². The third kappa shape index (κ3) is 6.44. The molecule has 0 saturated carbocycles. The van der Waals surface area contributed by atoms with Gasteiger partial charge in [0.15, 0.2) is 0 Å². The Kier molecular flexibility index (Phi) is 7.41. The predicted octanol–water partition coefficient (Wildman–Crippen LogP) is 3.99. The van der Waals surface area contributed by atoms with Crippen LogP contribution in [0.15, 0.2) is 48.5 Å². The largest absolute Gasteiger partial charge is 0.492 e. The van der Waals surface area contributed by atoms with Crippen LogP contribution in [0.25, 0.3) is 0 Å². The molecule has 2 amide bonds. The Morgan fingerprint density at radius 1 is 1.04 bits per heavy atom. The minimum atomic E-state index is -0.204. The van der Waals surface area contributed by atoms with Crippen molar-refractivity contribution >= 4 is 17.5 Å². The summed E-state index contributed by atoms with van der Waals surface area (Å²) >= 11 is 0. The molecule has 5 heteroatoms. The van der Waals surface area contributed by atoms with Crippen LogP contribution in [-0.4, -0.2) is 37.4 Å². The highest BCUT2D eigenvalue weighted by atomic mass is 16.5. The maximum Gasteiger partial charge on any atom is 0.259 e. The van der Waals surface area contributed by atoms with Gasteiger partial charge >= 0.3 is 0 Å². The average molecular weight is 368 g/mol. The summed E-state index contributed by atoms with van der Waals surface area (Å²) in [5.74, 6) is 0.867. The fourth-order valence-electron chi connectivity index (χ4n) is 2.46. The van der Waals surface area contributed by atoms with Gasteiger partial charge in [0.1, 0.15) is 5.75 Å². The van der Waals surface area contributed by atoms with Gasteiger partial charge in [0.05, 0.1) is 12.2 Å². The normalized spacial score (nSPS) is 10.6. The van der Waals surface area contributed by atoms with Crippen LogP contribution in [0, 0.1) is 5.92 Å². The highest BCUT2D eigenvalue weighted by molar-refractivity contribution is 6.06. The summed E-state index contributed by atoms with van der Waals surface area (Å²) in [5, 5.41) is 2.90. The lowest BCUT2D eigenvalue weighted by molar-refractivity contribution is -0.128. The van der Waals surface area contributed by atoms with Crippen LogP contribution in [0.4, 0.5) is 5.69 Å². The number of hydrogen-bond acceptors (Lipinski definition) is 3. The molecule has 27 heavy (non-hydrogen) atoms. The zero-order chi connectivity index (χ0) is 19.8. The lowest BCUT2D eigenvalue weighted by Crippen LogP contribution is -2.21. The van der Waals surface area contributed by atoms with Crippen molar-refractivity contribution in [3.8, 4) is 5.75 Å². The lowest BCUT2D eigenvalue weighted by atomic mass is 10.1. The summed E-state index contributed by atoms with van der Waals surface area (Å²) in [6, 6.07) is 14.8. The molecule has 0 spiro atoms. The van der Waals surface area contributed by atoms with E-state index < -0.39 is 0 Å². The van der Waals surface area contributed by atoms with Gasteiger partial charge in [-0.3, -0.25) is 9.59 Å². The molecule has 0 heterocycles. The summed E-state index contributed by atoms with van der Waals surface area (Å²) in [4.78, 5) is 25.9. The van der Waals surface area contributed by atoms with E-state index in [4.69, 9.17) is 4.74 Å². The molecule has 0 saturated heterocycles. The summed E-state index contributed by atoms with van der Waals surface area (Å²) in [7, 11) is 3.51. The Bertz CT molecular complexity index is 767. The van der Waals surface area contributed by atoms with Crippen molar-refractivity contribution in [2.45, 2.75) is 26.7 Å². The first-order valence-electron chi connectivity index (χ1n) is 9.19. The summed E-state index contributed by atoms with van der Waals surface area (Å²) in [6.45, 7) is 4.69. The standard InChI is InChI=1S/C22H28N2O3/c1-16(2)15-27-20-8-6-5-7-19(20)22(26)23-18-12-9-17(10-13-18)11-14-21(25)24(3)4/h5-10,12-13,16H,11,14-15H2,1-4H3,(H,23,26). The second-order valence-electron chi connectivity index (χ2n) is 7.14. The second-order valence-corrected chi connectivity index (χ2v) is 7.14. The second kappa shape index (κ2) is 9.76. The summed E-state index contributed by atoms with van der Waals surface area (Å²) in [5.41, 5.74) is 2.28. The van der Waals surface area contributed by atoms with Gasteiger partial charge in [0.2, 0.25) is 5.91 Å². The van der Waals surface area contributed by atoms with E-state index in [1.165, 1.54) is 0 Å². The Morgan fingerprint density at radius 3 is 2.33 bits per heavy atom. The number of nitrogens with zero attached hydrogens (tertiary/aromatic N) is 1. The number of carbonyl (C=O) groups is 2. The Balaban J connectivity index is 1.99. The van der Waals surface area contributed by atoms with Crippen LogP contribution in [0.1, 0.15) is 36.2 Å². The number of anilines is 1. The van der Waals surface area contributed by atoms with E-state index in [9.17, 15) is 9.59 Å². The van der Waals surface area contributed by atoms with Crippen LogP contribution in [0.3, 0.4) is 0 Å². The van der Waals surface area contributed by atoms with Crippen LogP contribution >= 0.6 is 0 Å². The van der Waals surface area contributed by atoms with E-state index in [0.29, 0.717) is 42.4 Å². The van der Waals surface area contributed by atoms with Gasteiger partial charge in [-0.1, -0.05) is 38.1 Å². The predicted molar refractivity (Wildman–Crippen MR) is 108 cm³/mol. The first-order chi connectivity index (χ1) is 12.9. The SMILES string of the molecule is CC(C)COc1ccccc1C(=O)Nc1ccc(CCC(=O)N(C)C)cc1. The van der Waals surface area contributed by atoms with E-state index in [0.717, 1.165) is 5.56 Å². The van der Waals surface area contributed by atoms with E-state index >= 15 is 0 Å². The number of amides is 2. The fraction of sp³-hybridized carbons (Fsp3) is 0.364. The number of nitrogens with one attached hydrogen (secondary N) is 1. The Hall–Kier alpha value is -2.82. The molecule has 0 aliphatic rings. The maximum atomic E-state index is 12.6. The molecule has 0 aromatic heterocycles. The molecule has 0 unspecified atom stereocenters. The molecule has 0 aliphatic carbocycles. The minimum absolute atomic E-state index is 0.102. The number of rotatable bonds is 8. The van der Waals surface area contributed by atoms with Crippen LogP contribution < -0.4 is 10.1 Å². The number of hydrogen-bond donors (Lipinski definition) is 1. The van der Waals surface area contributed by atoms with Gasteiger partial charge in [0.25, 0.3) is 5.91 Å². The molecule has 2 rings (SSSR count). The molecule has 0 fully saturated rings. The molecule has 0 aliphatic heterocycles. The van der Waals surface area contributed by atoms with Gasteiger partial charge in [-0.15, -0.1) is 0 Å². The highest BCUT2D eigenvalue weighted by Crippen LogP contribution is 2.21. The summed E-state index contributed by atoms with van der Waals surface area (Å²) < 4.78 is 5.75. The van der Waals surface area contributed by atoms with Crippen LogP contribution in [0.2, 0.25) is 0 Å². The van der Waals surface area contributed by atoms with E-state index in [1.807, 2.05) is 42.5 Å². The fourth-order valence-corrected chi connectivity index (χ4v) is 2.46. The van der Waals surface area contributed by atoms with Crippen molar-refractivity contribution in [2.24, 2.45) is 5.92 Å². The van der Waals surface area contributed by atoms with Gasteiger partial charge < -0.3 is 15.0 Å². The molecular weight excluding hydrogens is 340 g/mol. The van der Waals surface area contributed by atoms with E-state index in [-0.39, 0.29) is 11.8 Å². The molecule has 2 aromatic carbocycles. The van der Waals surface area contributed by atoms with E-state index in [2.05, 4.69) is 19.2 Å². The molecule has 0 atom stereocenters. The van der Waals surface area contributed by atoms with Gasteiger partial charge in [-0.25, -0.2) is 0 Å². The monoisotopic (exact) mass is 368 g/mol. The third-order valence-corrected chi connectivity index (χ3v) is 4.04. The number of para-hydroxylation sites is 1. The number of aryl methyl sites for hydroxylation is 1. The van der Waals surface area contributed by atoms with Crippen molar-refractivity contribution in [2.75, 3.05) is 26.0 Å². The first-order valence-corrected chi connectivity index (χ1v) is 9.19. The third-order valence-electron chi connectivity index (χ3n) is 4.04. The average Bonchev–Trinajstić information content (AvgIpc) is 2.65.